The van der Waals surface area contributed by atoms with Gasteiger partial charge in [-0.25, -0.2) is 14.3 Å². The van der Waals surface area contributed by atoms with E-state index in [2.05, 4.69) is 24.5 Å². The molecule has 2 aromatic heterocycles. The van der Waals surface area contributed by atoms with E-state index >= 15 is 0 Å². The Kier molecular flexibility index (Phi) is 4.31. The Morgan fingerprint density at radius 1 is 1.36 bits per heavy atom. The number of nitrogens with zero attached hydrogens (tertiary/aromatic N) is 4. The van der Waals surface area contributed by atoms with Crippen LogP contribution in [0, 0.1) is 6.92 Å². The second kappa shape index (κ2) is 6.30. The third kappa shape index (κ3) is 3.26. The van der Waals surface area contributed by atoms with E-state index in [9.17, 15) is 13.2 Å². The van der Waals surface area contributed by atoms with Gasteiger partial charge in [-0.15, -0.1) is 5.10 Å². The number of fused-ring (bicyclic) bond motifs is 1. The molecular formula is C14H12ClN5O4S. The maximum Gasteiger partial charge on any atom is 0.340 e. The summed E-state index contributed by atoms with van der Waals surface area (Å²) in [4.78, 5) is 19.7. The van der Waals surface area contributed by atoms with Gasteiger partial charge in [-0.2, -0.15) is 13.4 Å². The summed E-state index contributed by atoms with van der Waals surface area (Å²) in [7, 11) is -3.02. The van der Waals surface area contributed by atoms with Crippen LogP contribution in [0.2, 0.25) is 5.02 Å². The first-order valence-corrected chi connectivity index (χ1v) is 8.76. The number of nitrogens with one attached hydrogen (secondary N) is 1. The van der Waals surface area contributed by atoms with Gasteiger partial charge in [0.05, 0.1) is 23.4 Å². The smallest absolute Gasteiger partial charge is 0.340 e. The number of aryl methyl sites for hydroxylation is 1. The predicted molar refractivity (Wildman–Crippen MR) is 89.1 cm³/mol. The van der Waals surface area contributed by atoms with Crippen molar-refractivity contribution >= 4 is 39.1 Å². The number of rotatable bonds is 4. The molecule has 1 aromatic carbocycles. The Hall–Kier alpha value is -2.72. The highest BCUT2D eigenvalue weighted by molar-refractivity contribution is 7.92. The number of benzene rings is 1. The Balaban J connectivity index is 2.05. The lowest BCUT2D eigenvalue weighted by Gasteiger charge is -2.11. The van der Waals surface area contributed by atoms with Gasteiger partial charge in [-0.05, 0) is 24.6 Å². The number of hydrogen-bond acceptors (Lipinski definition) is 7. The van der Waals surface area contributed by atoms with Gasteiger partial charge < -0.3 is 4.74 Å². The van der Waals surface area contributed by atoms with E-state index in [0.29, 0.717) is 0 Å². The van der Waals surface area contributed by atoms with Crippen molar-refractivity contribution in [3.05, 3.63) is 46.7 Å². The van der Waals surface area contributed by atoms with Gasteiger partial charge in [0.1, 0.15) is 0 Å². The van der Waals surface area contributed by atoms with Crippen molar-refractivity contribution < 1.29 is 17.9 Å². The van der Waals surface area contributed by atoms with Gasteiger partial charge in [0.2, 0.25) is 0 Å². The van der Waals surface area contributed by atoms with E-state index in [4.69, 9.17) is 11.6 Å². The number of carbonyl (C=O) groups is 1. The molecule has 0 aliphatic carbocycles. The molecule has 3 aromatic rings. The average molecular weight is 382 g/mol. The number of hydrogen-bond donors (Lipinski definition) is 1. The Morgan fingerprint density at radius 3 is 2.84 bits per heavy atom. The second-order valence-electron chi connectivity index (χ2n) is 5.03. The Bertz CT molecular complexity index is 1080. The zero-order valence-electron chi connectivity index (χ0n) is 13.1. The molecule has 0 fully saturated rings. The molecule has 130 valence electrons. The Morgan fingerprint density at radius 2 is 2.12 bits per heavy atom. The monoisotopic (exact) mass is 381 g/mol. The van der Waals surface area contributed by atoms with Gasteiger partial charge in [0, 0.05) is 12.4 Å². The van der Waals surface area contributed by atoms with Crippen LogP contribution in [-0.4, -0.2) is 41.1 Å². The number of anilines is 1. The number of halogens is 1. The molecule has 0 unspecified atom stereocenters. The van der Waals surface area contributed by atoms with E-state index < -0.39 is 21.1 Å². The van der Waals surface area contributed by atoms with Crippen LogP contribution >= 0.6 is 11.6 Å². The molecule has 0 saturated heterocycles. The molecule has 0 atom stereocenters. The summed E-state index contributed by atoms with van der Waals surface area (Å²) >= 11 is 6.03. The zero-order chi connectivity index (χ0) is 18.2. The standard InChI is InChI=1S/C14H12ClN5O4S/c1-8-6-16-13-17-14(18-20(13)7-8)25(22,23)19-11-9(12(21)24-2)4-3-5-10(11)15/h3-7,19H,1-2H3. The summed E-state index contributed by atoms with van der Waals surface area (Å²) in [6.45, 7) is 1.78. The number of para-hydroxylation sites is 1. The number of carbonyl (C=O) groups excluding carboxylic acids is 1. The van der Waals surface area contributed by atoms with Crippen molar-refractivity contribution in [2.24, 2.45) is 0 Å². The maximum absolute atomic E-state index is 12.6. The summed E-state index contributed by atoms with van der Waals surface area (Å²) in [5.41, 5.74) is 0.642. The maximum atomic E-state index is 12.6. The van der Waals surface area contributed by atoms with E-state index in [1.165, 1.54) is 36.0 Å². The minimum Gasteiger partial charge on any atom is -0.465 e. The minimum atomic E-state index is -4.20. The third-order valence-electron chi connectivity index (χ3n) is 3.20. The number of sulfonamides is 1. The van der Waals surface area contributed by atoms with Gasteiger partial charge in [-0.1, -0.05) is 17.7 Å². The van der Waals surface area contributed by atoms with E-state index in [1.807, 2.05) is 0 Å². The first-order chi connectivity index (χ1) is 11.8. The van der Waals surface area contributed by atoms with Crippen LogP contribution in [0.1, 0.15) is 15.9 Å². The molecule has 0 aliphatic rings. The first-order valence-electron chi connectivity index (χ1n) is 6.90. The number of esters is 1. The third-order valence-corrected chi connectivity index (χ3v) is 4.64. The molecular weight excluding hydrogens is 370 g/mol. The van der Waals surface area contributed by atoms with Crippen LogP contribution < -0.4 is 4.72 Å². The molecule has 25 heavy (non-hydrogen) atoms. The number of ether oxygens (including phenoxy) is 1. The van der Waals surface area contributed by atoms with Gasteiger partial charge in [0.15, 0.2) is 0 Å². The lowest BCUT2D eigenvalue weighted by Crippen LogP contribution is -2.18. The van der Waals surface area contributed by atoms with Crippen molar-refractivity contribution in [1.82, 2.24) is 19.6 Å². The highest BCUT2D eigenvalue weighted by Gasteiger charge is 2.25. The summed E-state index contributed by atoms with van der Waals surface area (Å²) in [6.07, 6.45) is 3.13. The van der Waals surface area contributed by atoms with Crippen molar-refractivity contribution in [3.8, 4) is 0 Å². The lowest BCUT2D eigenvalue weighted by atomic mass is 10.2. The highest BCUT2D eigenvalue weighted by atomic mass is 35.5. The normalized spacial score (nSPS) is 11.5. The summed E-state index contributed by atoms with van der Waals surface area (Å²) in [5, 5.41) is 3.43. The van der Waals surface area contributed by atoms with E-state index in [-0.39, 0.29) is 22.1 Å². The second-order valence-corrected chi connectivity index (χ2v) is 7.01. The van der Waals surface area contributed by atoms with Crippen LogP contribution in [0.25, 0.3) is 5.78 Å². The number of aromatic nitrogens is 4. The van der Waals surface area contributed by atoms with Crippen LogP contribution in [0.5, 0.6) is 0 Å². The zero-order valence-corrected chi connectivity index (χ0v) is 14.7. The van der Waals surface area contributed by atoms with Crippen LogP contribution in [-0.2, 0) is 14.8 Å². The molecule has 0 radical (unpaired) electrons. The van der Waals surface area contributed by atoms with E-state index in [0.717, 1.165) is 5.56 Å². The van der Waals surface area contributed by atoms with Crippen molar-refractivity contribution in [1.29, 1.82) is 0 Å². The fourth-order valence-electron chi connectivity index (χ4n) is 2.06. The van der Waals surface area contributed by atoms with E-state index in [1.54, 1.807) is 13.1 Å². The summed E-state index contributed by atoms with van der Waals surface area (Å²) in [6, 6.07) is 4.33. The molecule has 1 N–H and O–H groups in total. The molecule has 0 spiro atoms. The van der Waals surface area contributed by atoms with Crippen molar-refractivity contribution in [3.63, 3.8) is 0 Å². The Labute approximate surface area is 147 Å². The molecule has 2 heterocycles. The quantitative estimate of drug-likeness (QED) is 0.683. The van der Waals surface area contributed by atoms with Crippen molar-refractivity contribution in [2.75, 3.05) is 11.8 Å². The molecule has 9 nitrogen and oxygen atoms in total. The summed E-state index contributed by atoms with van der Waals surface area (Å²) in [5.74, 6) is -0.612. The van der Waals surface area contributed by atoms with Crippen LogP contribution in [0.4, 0.5) is 5.69 Å². The SMILES string of the molecule is COC(=O)c1cccc(Cl)c1NS(=O)(=O)c1nc2ncc(C)cn2n1. The fourth-order valence-corrected chi connectivity index (χ4v) is 3.31. The first kappa shape index (κ1) is 17.1. The minimum absolute atomic E-state index is 0.0312. The molecule has 3 rings (SSSR count). The number of methoxy groups -OCH3 is 1. The molecule has 0 amide bonds. The molecule has 0 aliphatic heterocycles. The molecule has 0 saturated carbocycles. The topological polar surface area (TPSA) is 116 Å². The summed E-state index contributed by atoms with van der Waals surface area (Å²) < 4.78 is 33.3. The lowest BCUT2D eigenvalue weighted by molar-refractivity contribution is 0.0602. The van der Waals surface area contributed by atoms with Crippen molar-refractivity contribution in [2.45, 2.75) is 12.1 Å². The van der Waals surface area contributed by atoms with Crippen LogP contribution in [0.15, 0.2) is 35.7 Å². The molecule has 0 bridgehead atoms. The fraction of sp³-hybridized carbons (Fsp3) is 0.143. The van der Waals surface area contributed by atoms with Gasteiger partial charge in [-0.3, -0.25) is 4.72 Å². The van der Waals surface area contributed by atoms with Crippen LogP contribution in [0.3, 0.4) is 0 Å². The highest BCUT2D eigenvalue weighted by Crippen LogP contribution is 2.28. The van der Waals surface area contributed by atoms with Gasteiger partial charge in [0.25, 0.3) is 21.0 Å². The average Bonchev–Trinajstić information content (AvgIpc) is 3.00. The largest absolute Gasteiger partial charge is 0.465 e. The predicted octanol–water partition coefficient (Wildman–Crippen LogP) is 1.67. The molecule has 11 heteroatoms. The van der Waals surface area contributed by atoms with Gasteiger partial charge >= 0.3 is 5.97 Å².